The van der Waals surface area contributed by atoms with Gasteiger partial charge in [-0.2, -0.15) is 0 Å². The molecule has 1 aliphatic carbocycles. The van der Waals surface area contributed by atoms with Crippen LogP contribution in [0.25, 0.3) is 0 Å². The average molecular weight is 271 g/mol. The summed E-state index contributed by atoms with van der Waals surface area (Å²) in [5.41, 5.74) is 0. The summed E-state index contributed by atoms with van der Waals surface area (Å²) in [6.07, 6.45) is 3.23. The number of nitrogens with zero attached hydrogens (tertiary/aromatic N) is 1. The SMILES string of the molecule is CCN(CC1CC(C(C)C)CCC1O)C(C)COC. The Bertz CT molecular complexity index is 245. The molecule has 1 aliphatic rings. The summed E-state index contributed by atoms with van der Waals surface area (Å²) in [4.78, 5) is 2.44. The van der Waals surface area contributed by atoms with Crippen LogP contribution in [0.5, 0.6) is 0 Å². The molecular formula is C16H33NO2. The van der Waals surface area contributed by atoms with Gasteiger partial charge in [-0.15, -0.1) is 0 Å². The fraction of sp³-hybridized carbons (Fsp3) is 1.00. The van der Waals surface area contributed by atoms with Gasteiger partial charge in [-0.3, -0.25) is 4.90 Å². The van der Waals surface area contributed by atoms with Crippen LogP contribution in [-0.4, -0.2) is 49.0 Å². The second-order valence-corrected chi connectivity index (χ2v) is 6.54. The summed E-state index contributed by atoms with van der Waals surface area (Å²) in [5.74, 6) is 1.95. The number of hydrogen-bond acceptors (Lipinski definition) is 3. The van der Waals surface area contributed by atoms with Crippen LogP contribution in [0.2, 0.25) is 0 Å². The predicted molar refractivity (Wildman–Crippen MR) is 80.3 cm³/mol. The maximum atomic E-state index is 10.3. The van der Waals surface area contributed by atoms with Crippen molar-refractivity contribution in [2.45, 2.75) is 59.1 Å². The van der Waals surface area contributed by atoms with E-state index in [1.165, 1.54) is 12.8 Å². The zero-order valence-electron chi connectivity index (χ0n) is 13.4. The van der Waals surface area contributed by atoms with Crippen LogP contribution in [-0.2, 0) is 4.74 Å². The molecule has 0 bridgehead atoms. The molecule has 114 valence electrons. The highest BCUT2D eigenvalue weighted by molar-refractivity contribution is 4.84. The number of rotatable bonds is 7. The molecule has 3 nitrogen and oxygen atoms in total. The van der Waals surface area contributed by atoms with Crippen molar-refractivity contribution in [3.63, 3.8) is 0 Å². The topological polar surface area (TPSA) is 32.7 Å². The van der Waals surface area contributed by atoms with E-state index >= 15 is 0 Å². The summed E-state index contributed by atoms with van der Waals surface area (Å²) in [6, 6.07) is 0.432. The van der Waals surface area contributed by atoms with Gasteiger partial charge in [-0.1, -0.05) is 20.8 Å². The van der Waals surface area contributed by atoms with Gasteiger partial charge in [-0.05, 0) is 50.5 Å². The van der Waals surface area contributed by atoms with E-state index in [4.69, 9.17) is 4.74 Å². The Labute approximate surface area is 119 Å². The Morgan fingerprint density at radius 2 is 1.95 bits per heavy atom. The molecule has 1 N–H and O–H groups in total. The second kappa shape index (κ2) is 8.23. The van der Waals surface area contributed by atoms with E-state index < -0.39 is 0 Å². The van der Waals surface area contributed by atoms with E-state index in [0.717, 1.165) is 38.0 Å². The zero-order chi connectivity index (χ0) is 14.4. The van der Waals surface area contributed by atoms with Crippen molar-refractivity contribution in [1.29, 1.82) is 0 Å². The highest BCUT2D eigenvalue weighted by Crippen LogP contribution is 2.34. The van der Waals surface area contributed by atoms with Gasteiger partial charge in [0.1, 0.15) is 0 Å². The lowest BCUT2D eigenvalue weighted by Crippen LogP contribution is -2.44. The lowest BCUT2D eigenvalue weighted by atomic mass is 9.74. The maximum absolute atomic E-state index is 10.3. The number of likely N-dealkylation sites (N-methyl/N-ethyl adjacent to an activating group) is 1. The molecule has 4 unspecified atom stereocenters. The van der Waals surface area contributed by atoms with E-state index in [0.29, 0.717) is 12.0 Å². The Kier molecular flexibility index (Phi) is 7.33. The molecule has 0 aromatic heterocycles. The molecule has 3 heteroatoms. The van der Waals surface area contributed by atoms with Gasteiger partial charge in [0.2, 0.25) is 0 Å². The van der Waals surface area contributed by atoms with E-state index in [2.05, 4.69) is 32.6 Å². The third kappa shape index (κ3) is 5.05. The predicted octanol–water partition coefficient (Wildman–Crippen LogP) is 2.78. The molecule has 1 saturated carbocycles. The third-order valence-electron chi connectivity index (χ3n) is 4.83. The highest BCUT2D eigenvalue weighted by Gasteiger charge is 2.32. The van der Waals surface area contributed by atoms with Crippen LogP contribution in [0.4, 0.5) is 0 Å². The minimum absolute atomic E-state index is 0.112. The van der Waals surface area contributed by atoms with E-state index in [9.17, 15) is 5.11 Å². The Morgan fingerprint density at radius 3 is 2.47 bits per heavy atom. The monoisotopic (exact) mass is 271 g/mol. The Balaban J connectivity index is 2.55. The normalized spacial score (nSPS) is 30.0. The van der Waals surface area contributed by atoms with Gasteiger partial charge in [0.05, 0.1) is 12.7 Å². The number of aliphatic hydroxyl groups excluding tert-OH is 1. The molecule has 0 aromatic rings. The van der Waals surface area contributed by atoms with Gasteiger partial charge in [-0.25, -0.2) is 0 Å². The Morgan fingerprint density at radius 1 is 1.26 bits per heavy atom. The minimum atomic E-state index is -0.112. The van der Waals surface area contributed by atoms with E-state index in [1.807, 2.05) is 0 Å². The summed E-state index contributed by atoms with van der Waals surface area (Å²) < 4.78 is 5.26. The third-order valence-corrected chi connectivity index (χ3v) is 4.83. The summed E-state index contributed by atoms with van der Waals surface area (Å²) in [6.45, 7) is 11.8. The molecule has 19 heavy (non-hydrogen) atoms. The van der Waals surface area contributed by atoms with E-state index in [1.54, 1.807) is 7.11 Å². The van der Waals surface area contributed by atoms with Gasteiger partial charge in [0.25, 0.3) is 0 Å². The molecule has 0 radical (unpaired) electrons. The standard InChI is InChI=1S/C16H33NO2/c1-6-17(13(4)11-19-5)10-15-9-14(12(2)3)7-8-16(15)18/h12-16,18H,6-11H2,1-5H3. The molecule has 1 fully saturated rings. The second-order valence-electron chi connectivity index (χ2n) is 6.54. The summed E-state index contributed by atoms with van der Waals surface area (Å²) in [7, 11) is 1.76. The highest BCUT2D eigenvalue weighted by atomic mass is 16.5. The molecule has 0 aromatic carbocycles. The quantitative estimate of drug-likeness (QED) is 0.773. The van der Waals surface area contributed by atoms with Crippen LogP contribution in [0.15, 0.2) is 0 Å². The van der Waals surface area contributed by atoms with Gasteiger partial charge >= 0.3 is 0 Å². The number of aliphatic hydroxyl groups is 1. The van der Waals surface area contributed by atoms with Gasteiger partial charge in [0, 0.05) is 19.7 Å². The first-order chi connectivity index (χ1) is 8.99. The zero-order valence-corrected chi connectivity index (χ0v) is 13.4. The number of ether oxygens (including phenoxy) is 1. The van der Waals surface area contributed by atoms with Crippen molar-refractivity contribution in [3.8, 4) is 0 Å². The van der Waals surface area contributed by atoms with Crippen LogP contribution >= 0.6 is 0 Å². The van der Waals surface area contributed by atoms with Crippen molar-refractivity contribution in [2.24, 2.45) is 17.8 Å². The molecule has 0 saturated heterocycles. The van der Waals surface area contributed by atoms with Gasteiger partial charge < -0.3 is 9.84 Å². The van der Waals surface area contributed by atoms with Crippen molar-refractivity contribution in [3.05, 3.63) is 0 Å². The fourth-order valence-electron chi connectivity index (χ4n) is 3.35. The van der Waals surface area contributed by atoms with Crippen molar-refractivity contribution < 1.29 is 9.84 Å². The van der Waals surface area contributed by atoms with Crippen molar-refractivity contribution in [1.82, 2.24) is 4.90 Å². The van der Waals surface area contributed by atoms with Crippen LogP contribution in [0, 0.1) is 17.8 Å². The lowest BCUT2D eigenvalue weighted by Gasteiger charge is -2.39. The molecule has 0 amide bonds. The van der Waals surface area contributed by atoms with Crippen LogP contribution in [0.1, 0.15) is 47.0 Å². The summed E-state index contributed by atoms with van der Waals surface area (Å²) >= 11 is 0. The lowest BCUT2D eigenvalue weighted by molar-refractivity contribution is 0.00489. The Hall–Kier alpha value is -0.120. The van der Waals surface area contributed by atoms with Crippen molar-refractivity contribution >= 4 is 0 Å². The first-order valence-corrected chi connectivity index (χ1v) is 7.90. The van der Waals surface area contributed by atoms with Crippen molar-refractivity contribution in [2.75, 3.05) is 26.8 Å². The number of methoxy groups -OCH3 is 1. The van der Waals surface area contributed by atoms with Gasteiger partial charge in [0.15, 0.2) is 0 Å². The molecule has 4 atom stereocenters. The number of hydrogen-bond donors (Lipinski definition) is 1. The van der Waals surface area contributed by atoms with E-state index in [-0.39, 0.29) is 6.10 Å². The first kappa shape index (κ1) is 16.9. The molecule has 0 aliphatic heterocycles. The smallest absolute Gasteiger partial charge is 0.0615 e. The largest absolute Gasteiger partial charge is 0.393 e. The molecule has 0 spiro atoms. The molecular weight excluding hydrogens is 238 g/mol. The van der Waals surface area contributed by atoms with Crippen LogP contribution in [0.3, 0.4) is 0 Å². The first-order valence-electron chi connectivity index (χ1n) is 7.90. The minimum Gasteiger partial charge on any atom is -0.393 e. The average Bonchev–Trinajstić information content (AvgIpc) is 2.37. The molecule has 1 rings (SSSR count). The summed E-state index contributed by atoms with van der Waals surface area (Å²) in [5, 5.41) is 10.3. The fourth-order valence-corrected chi connectivity index (χ4v) is 3.35. The maximum Gasteiger partial charge on any atom is 0.0615 e. The molecule has 0 heterocycles. The van der Waals surface area contributed by atoms with Crippen LogP contribution < -0.4 is 0 Å².